The van der Waals surface area contributed by atoms with Crippen molar-refractivity contribution in [1.29, 1.82) is 0 Å². The molecule has 0 unspecified atom stereocenters. The molecule has 1 aromatic heterocycles. The average molecular weight is 286 g/mol. The number of hydrogen-bond acceptors (Lipinski definition) is 4. The molecule has 0 saturated heterocycles. The highest BCUT2D eigenvalue weighted by Gasteiger charge is 2.12. The highest BCUT2D eigenvalue weighted by Crippen LogP contribution is 2.30. The van der Waals surface area contributed by atoms with Gasteiger partial charge in [0.1, 0.15) is 0 Å². The minimum Gasteiger partial charge on any atom is -0.493 e. The van der Waals surface area contributed by atoms with E-state index in [-0.39, 0.29) is 5.91 Å². The van der Waals surface area contributed by atoms with Gasteiger partial charge in [0.25, 0.3) is 5.91 Å². The van der Waals surface area contributed by atoms with Crippen LogP contribution >= 0.6 is 0 Å². The lowest BCUT2D eigenvalue weighted by atomic mass is 10.1. The average Bonchev–Trinajstić information content (AvgIpc) is 2.49. The zero-order valence-electron chi connectivity index (χ0n) is 12.6. The highest BCUT2D eigenvalue weighted by atomic mass is 16.5. The lowest BCUT2D eigenvalue weighted by Gasteiger charge is -2.12. The van der Waals surface area contributed by atoms with Crippen molar-refractivity contribution in [3.05, 3.63) is 47.3 Å². The molecule has 110 valence electrons. The Hall–Kier alpha value is -2.56. The summed E-state index contributed by atoms with van der Waals surface area (Å²) in [6.45, 7) is 3.76. The molecule has 0 saturated carbocycles. The van der Waals surface area contributed by atoms with E-state index < -0.39 is 0 Å². The van der Waals surface area contributed by atoms with Crippen LogP contribution in [0.3, 0.4) is 0 Å². The zero-order valence-corrected chi connectivity index (χ0v) is 12.6. The van der Waals surface area contributed by atoms with E-state index in [1.165, 1.54) is 0 Å². The van der Waals surface area contributed by atoms with Crippen molar-refractivity contribution in [2.75, 3.05) is 19.5 Å². The van der Waals surface area contributed by atoms with Crippen LogP contribution < -0.4 is 14.8 Å². The molecule has 0 aliphatic heterocycles. The maximum Gasteiger partial charge on any atom is 0.256 e. The molecule has 2 rings (SSSR count). The predicted molar refractivity (Wildman–Crippen MR) is 81.2 cm³/mol. The van der Waals surface area contributed by atoms with Gasteiger partial charge in [0, 0.05) is 29.2 Å². The largest absolute Gasteiger partial charge is 0.493 e. The number of pyridine rings is 1. The lowest BCUT2D eigenvalue weighted by molar-refractivity contribution is 0.102. The van der Waals surface area contributed by atoms with E-state index in [4.69, 9.17) is 9.47 Å². The Bertz CT molecular complexity index is 669. The zero-order chi connectivity index (χ0) is 15.4. The van der Waals surface area contributed by atoms with Gasteiger partial charge >= 0.3 is 0 Å². The molecule has 0 radical (unpaired) electrons. The molecule has 0 atom stereocenters. The van der Waals surface area contributed by atoms with Crippen molar-refractivity contribution in [2.45, 2.75) is 13.8 Å². The molecule has 1 aromatic carbocycles. The third kappa shape index (κ3) is 3.13. The van der Waals surface area contributed by atoms with Crippen LogP contribution in [0.4, 0.5) is 5.69 Å². The topological polar surface area (TPSA) is 60.5 Å². The summed E-state index contributed by atoms with van der Waals surface area (Å²) in [6, 6.07) is 6.94. The summed E-state index contributed by atoms with van der Waals surface area (Å²) in [5.74, 6) is 1.01. The number of benzene rings is 1. The van der Waals surface area contributed by atoms with Gasteiger partial charge in [-0.15, -0.1) is 0 Å². The molecular formula is C16H18N2O3. The third-order valence-corrected chi connectivity index (χ3v) is 3.34. The first kappa shape index (κ1) is 14.8. The second kappa shape index (κ2) is 6.26. The molecule has 0 aliphatic rings. The number of hydrogen-bond donors (Lipinski definition) is 1. The second-order valence-electron chi connectivity index (χ2n) is 4.59. The Kier molecular flexibility index (Phi) is 4.42. The molecular weight excluding hydrogens is 268 g/mol. The summed E-state index contributed by atoms with van der Waals surface area (Å²) < 4.78 is 10.4. The van der Waals surface area contributed by atoms with Crippen LogP contribution in [0, 0.1) is 13.8 Å². The van der Waals surface area contributed by atoms with Crippen LogP contribution in [-0.4, -0.2) is 25.1 Å². The van der Waals surface area contributed by atoms with E-state index >= 15 is 0 Å². The third-order valence-electron chi connectivity index (χ3n) is 3.34. The smallest absolute Gasteiger partial charge is 0.256 e. The van der Waals surface area contributed by atoms with E-state index in [0.29, 0.717) is 22.7 Å². The van der Waals surface area contributed by atoms with Gasteiger partial charge < -0.3 is 14.8 Å². The molecule has 1 N–H and O–H groups in total. The molecule has 2 aromatic rings. The van der Waals surface area contributed by atoms with Gasteiger partial charge in [-0.2, -0.15) is 0 Å². The van der Waals surface area contributed by atoms with Gasteiger partial charge in [-0.25, -0.2) is 0 Å². The number of rotatable bonds is 4. The molecule has 5 nitrogen and oxygen atoms in total. The number of nitrogens with one attached hydrogen (secondary N) is 1. The predicted octanol–water partition coefficient (Wildman–Crippen LogP) is 2.97. The number of nitrogens with zero attached hydrogens (tertiary/aromatic N) is 1. The summed E-state index contributed by atoms with van der Waals surface area (Å²) >= 11 is 0. The lowest BCUT2D eigenvalue weighted by Crippen LogP contribution is -2.14. The summed E-state index contributed by atoms with van der Waals surface area (Å²) in [7, 11) is 3.12. The summed E-state index contributed by atoms with van der Waals surface area (Å²) in [5.41, 5.74) is 2.97. The Morgan fingerprint density at radius 2 is 1.81 bits per heavy atom. The number of amides is 1. The normalized spacial score (nSPS) is 10.1. The van der Waals surface area contributed by atoms with Crippen LogP contribution in [0.5, 0.6) is 11.5 Å². The number of methoxy groups -OCH3 is 2. The summed E-state index contributed by atoms with van der Waals surface area (Å²) in [6.07, 6.45) is 1.63. The second-order valence-corrected chi connectivity index (χ2v) is 4.59. The molecule has 5 heteroatoms. The minimum absolute atomic E-state index is 0.176. The fourth-order valence-electron chi connectivity index (χ4n) is 2.00. The SMILES string of the molecule is COc1ccc(NC(=O)c2ccnc(C)c2C)cc1OC. The van der Waals surface area contributed by atoms with Crippen LogP contribution in [0.25, 0.3) is 0 Å². The Balaban J connectivity index is 2.25. The highest BCUT2D eigenvalue weighted by molar-refractivity contribution is 6.05. The van der Waals surface area contributed by atoms with E-state index in [9.17, 15) is 4.79 Å². The van der Waals surface area contributed by atoms with Gasteiger partial charge in [-0.05, 0) is 37.6 Å². The van der Waals surface area contributed by atoms with Gasteiger partial charge in [0.15, 0.2) is 11.5 Å². The standard InChI is InChI=1S/C16H18N2O3/c1-10-11(2)17-8-7-13(10)16(19)18-12-5-6-14(20-3)15(9-12)21-4/h5-9H,1-4H3,(H,18,19). The number of aryl methyl sites for hydroxylation is 1. The summed E-state index contributed by atoms with van der Waals surface area (Å²) in [4.78, 5) is 16.5. The molecule has 0 fully saturated rings. The first-order valence-corrected chi connectivity index (χ1v) is 6.52. The fourth-order valence-corrected chi connectivity index (χ4v) is 2.00. The van der Waals surface area contributed by atoms with E-state index in [0.717, 1.165) is 11.3 Å². The van der Waals surface area contributed by atoms with Crippen LogP contribution in [0.15, 0.2) is 30.5 Å². The van der Waals surface area contributed by atoms with Crippen molar-refractivity contribution in [3.63, 3.8) is 0 Å². The first-order valence-electron chi connectivity index (χ1n) is 6.52. The maximum atomic E-state index is 12.3. The van der Waals surface area contributed by atoms with Crippen molar-refractivity contribution in [1.82, 2.24) is 4.98 Å². The Morgan fingerprint density at radius 1 is 1.10 bits per heavy atom. The molecule has 0 aliphatic carbocycles. The monoisotopic (exact) mass is 286 g/mol. The molecule has 0 spiro atoms. The van der Waals surface area contributed by atoms with Crippen LogP contribution in [0.2, 0.25) is 0 Å². The fraction of sp³-hybridized carbons (Fsp3) is 0.250. The number of carbonyl (C=O) groups excluding carboxylic acids is 1. The first-order chi connectivity index (χ1) is 10.1. The summed E-state index contributed by atoms with van der Waals surface area (Å²) in [5, 5.41) is 2.85. The molecule has 1 amide bonds. The van der Waals surface area contributed by atoms with Crippen molar-refractivity contribution < 1.29 is 14.3 Å². The Labute approximate surface area is 123 Å². The van der Waals surface area contributed by atoms with Crippen molar-refractivity contribution in [3.8, 4) is 11.5 Å². The molecule has 21 heavy (non-hydrogen) atoms. The quantitative estimate of drug-likeness (QED) is 0.938. The van der Waals surface area contributed by atoms with E-state index in [1.54, 1.807) is 44.7 Å². The maximum absolute atomic E-state index is 12.3. The number of ether oxygens (including phenoxy) is 2. The van der Waals surface area contributed by atoms with Crippen molar-refractivity contribution in [2.24, 2.45) is 0 Å². The van der Waals surface area contributed by atoms with E-state index in [2.05, 4.69) is 10.3 Å². The van der Waals surface area contributed by atoms with Gasteiger partial charge in [0.2, 0.25) is 0 Å². The number of anilines is 1. The van der Waals surface area contributed by atoms with Crippen LogP contribution in [0.1, 0.15) is 21.6 Å². The van der Waals surface area contributed by atoms with Crippen LogP contribution in [-0.2, 0) is 0 Å². The van der Waals surface area contributed by atoms with Gasteiger partial charge in [0.05, 0.1) is 14.2 Å². The number of carbonyl (C=O) groups is 1. The molecule has 1 heterocycles. The Morgan fingerprint density at radius 3 is 2.48 bits per heavy atom. The van der Waals surface area contributed by atoms with Gasteiger partial charge in [-0.1, -0.05) is 0 Å². The number of aromatic nitrogens is 1. The van der Waals surface area contributed by atoms with Crippen molar-refractivity contribution >= 4 is 11.6 Å². The molecule has 0 bridgehead atoms. The van der Waals surface area contributed by atoms with Gasteiger partial charge in [-0.3, -0.25) is 9.78 Å². The van der Waals surface area contributed by atoms with E-state index in [1.807, 2.05) is 13.8 Å². The minimum atomic E-state index is -0.176.